The molecule has 1 aliphatic rings. The Hall–Kier alpha value is -2.41. The summed E-state index contributed by atoms with van der Waals surface area (Å²) in [6.45, 7) is 1.26. The molecule has 23 heavy (non-hydrogen) atoms. The van der Waals surface area contributed by atoms with Crippen LogP contribution in [0.1, 0.15) is 33.7 Å². The lowest BCUT2D eigenvalue weighted by atomic mass is 10.1. The van der Waals surface area contributed by atoms with E-state index in [-0.39, 0.29) is 17.7 Å². The lowest BCUT2D eigenvalue weighted by Gasteiger charge is -2.32. The fourth-order valence-electron chi connectivity index (χ4n) is 2.60. The molecule has 1 aliphatic heterocycles. The molecule has 0 saturated carbocycles. The highest BCUT2D eigenvalue weighted by molar-refractivity contribution is 7.08. The molecule has 1 fully saturated rings. The van der Waals surface area contributed by atoms with Crippen molar-refractivity contribution in [1.29, 1.82) is 0 Å². The van der Waals surface area contributed by atoms with Gasteiger partial charge in [-0.25, -0.2) is 0 Å². The van der Waals surface area contributed by atoms with Crippen molar-refractivity contribution in [2.75, 3.05) is 13.1 Å². The minimum atomic E-state index is -0.589. The predicted octanol–water partition coefficient (Wildman–Crippen LogP) is 1.93. The first-order valence-electron chi connectivity index (χ1n) is 7.37. The van der Waals surface area contributed by atoms with Crippen LogP contribution >= 0.6 is 11.3 Å². The monoisotopic (exact) mass is 331 g/mol. The van der Waals surface area contributed by atoms with Crippen molar-refractivity contribution < 1.29 is 14.3 Å². The van der Waals surface area contributed by atoms with Crippen LogP contribution in [0.25, 0.3) is 0 Å². The van der Waals surface area contributed by atoms with Gasteiger partial charge in [0, 0.05) is 24.2 Å². The summed E-state index contributed by atoms with van der Waals surface area (Å²) in [6.07, 6.45) is 3.14. The Labute approximate surface area is 137 Å². The van der Waals surface area contributed by atoms with Crippen LogP contribution < -0.4 is 10.5 Å². The van der Waals surface area contributed by atoms with Crippen LogP contribution in [0.5, 0.6) is 5.75 Å². The van der Waals surface area contributed by atoms with E-state index < -0.39 is 5.91 Å². The third kappa shape index (κ3) is 3.68. The molecule has 2 aromatic heterocycles. The van der Waals surface area contributed by atoms with Gasteiger partial charge >= 0.3 is 0 Å². The van der Waals surface area contributed by atoms with Gasteiger partial charge in [-0.05, 0) is 30.4 Å². The van der Waals surface area contributed by atoms with Gasteiger partial charge in [0.1, 0.15) is 17.5 Å². The first-order valence-corrected chi connectivity index (χ1v) is 8.32. The Balaban J connectivity index is 1.66. The lowest BCUT2D eigenvalue weighted by molar-refractivity contribution is 0.0538. The number of pyridine rings is 1. The zero-order valence-electron chi connectivity index (χ0n) is 12.5. The van der Waals surface area contributed by atoms with E-state index in [1.165, 1.54) is 23.6 Å². The van der Waals surface area contributed by atoms with Crippen molar-refractivity contribution >= 4 is 23.2 Å². The van der Waals surface area contributed by atoms with Crippen LogP contribution in [-0.4, -0.2) is 40.9 Å². The summed E-state index contributed by atoms with van der Waals surface area (Å²) >= 11 is 1.51. The van der Waals surface area contributed by atoms with E-state index in [0.717, 1.165) is 24.9 Å². The fourth-order valence-corrected chi connectivity index (χ4v) is 3.23. The second-order valence-electron chi connectivity index (χ2n) is 5.39. The summed E-state index contributed by atoms with van der Waals surface area (Å²) in [6, 6.07) is 5.05. The number of nitrogens with two attached hydrogens (primary N) is 1. The Morgan fingerprint density at radius 2 is 2.26 bits per heavy atom. The normalized spacial score (nSPS) is 17.7. The van der Waals surface area contributed by atoms with Crippen LogP contribution in [0.15, 0.2) is 35.2 Å². The average molecular weight is 331 g/mol. The summed E-state index contributed by atoms with van der Waals surface area (Å²) in [4.78, 5) is 29.3. The van der Waals surface area contributed by atoms with Crippen LogP contribution in [0.2, 0.25) is 0 Å². The molecular formula is C16H17N3O3S. The zero-order valence-corrected chi connectivity index (χ0v) is 13.3. The molecule has 2 N–H and O–H groups in total. The zero-order chi connectivity index (χ0) is 16.2. The number of hydrogen-bond acceptors (Lipinski definition) is 5. The van der Waals surface area contributed by atoms with Gasteiger partial charge in [0.2, 0.25) is 0 Å². The van der Waals surface area contributed by atoms with Gasteiger partial charge in [-0.3, -0.25) is 14.6 Å². The number of thiophene rings is 1. The molecule has 6 nitrogen and oxygen atoms in total. The van der Waals surface area contributed by atoms with Crippen molar-refractivity contribution in [2.24, 2.45) is 5.73 Å². The number of amides is 2. The third-order valence-electron chi connectivity index (χ3n) is 3.72. The third-order valence-corrected chi connectivity index (χ3v) is 4.40. The topological polar surface area (TPSA) is 85.5 Å². The molecule has 0 aromatic carbocycles. The van der Waals surface area contributed by atoms with Crippen LogP contribution in [0.4, 0.5) is 0 Å². The number of nitrogens with zero attached hydrogens (tertiary/aromatic N) is 2. The van der Waals surface area contributed by atoms with Gasteiger partial charge in [0.05, 0.1) is 12.1 Å². The van der Waals surface area contributed by atoms with E-state index in [1.807, 2.05) is 21.7 Å². The van der Waals surface area contributed by atoms with Crippen molar-refractivity contribution in [3.05, 3.63) is 46.4 Å². The summed E-state index contributed by atoms with van der Waals surface area (Å²) < 4.78 is 5.90. The van der Waals surface area contributed by atoms with Gasteiger partial charge in [0.25, 0.3) is 11.8 Å². The van der Waals surface area contributed by atoms with Crippen molar-refractivity contribution in [3.8, 4) is 5.75 Å². The molecule has 1 unspecified atom stereocenters. The van der Waals surface area contributed by atoms with Crippen molar-refractivity contribution in [3.63, 3.8) is 0 Å². The molecule has 2 aromatic rings. The maximum absolute atomic E-state index is 12.4. The first-order chi connectivity index (χ1) is 11.1. The fraction of sp³-hybridized carbons (Fsp3) is 0.312. The van der Waals surface area contributed by atoms with E-state index in [9.17, 15) is 9.59 Å². The Bertz CT molecular complexity index is 702. The second kappa shape index (κ2) is 6.78. The summed E-state index contributed by atoms with van der Waals surface area (Å²) in [7, 11) is 0. The number of rotatable bonds is 4. The standard InChI is InChI=1S/C16H17N3O3S/c17-15(20)14-8-12(3-5-18-14)22-13-2-1-6-19(9-13)16(21)11-4-7-23-10-11/h3-5,7-8,10,13H,1-2,6,9H2,(H2,17,20). The molecule has 3 rings (SSSR count). The van der Waals surface area contributed by atoms with Gasteiger partial charge in [-0.1, -0.05) is 0 Å². The number of ether oxygens (including phenoxy) is 1. The van der Waals surface area contributed by atoms with Crippen LogP contribution in [0, 0.1) is 0 Å². The number of carbonyl (C=O) groups is 2. The van der Waals surface area contributed by atoms with Gasteiger partial charge in [-0.15, -0.1) is 0 Å². The largest absolute Gasteiger partial charge is 0.488 e. The Morgan fingerprint density at radius 1 is 1.39 bits per heavy atom. The Morgan fingerprint density at radius 3 is 3.00 bits per heavy atom. The van der Waals surface area contributed by atoms with Crippen molar-refractivity contribution in [1.82, 2.24) is 9.88 Å². The SMILES string of the molecule is NC(=O)c1cc(OC2CCCN(C(=O)c3ccsc3)C2)ccn1. The number of carbonyl (C=O) groups excluding carboxylic acids is 2. The van der Waals surface area contributed by atoms with E-state index in [2.05, 4.69) is 4.98 Å². The van der Waals surface area contributed by atoms with Crippen molar-refractivity contribution in [2.45, 2.75) is 18.9 Å². The van der Waals surface area contributed by atoms with Crippen LogP contribution in [-0.2, 0) is 0 Å². The maximum atomic E-state index is 12.4. The molecule has 7 heteroatoms. The molecule has 0 radical (unpaired) electrons. The first kappa shape index (κ1) is 15.5. The van der Waals surface area contributed by atoms with Gasteiger partial charge < -0.3 is 15.4 Å². The smallest absolute Gasteiger partial charge is 0.267 e. The molecule has 0 aliphatic carbocycles. The second-order valence-corrected chi connectivity index (χ2v) is 6.17. The van der Waals surface area contributed by atoms with E-state index >= 15 is 0 Å². The van der Waals surface area contributed by atoms with Gasteiger partial charge in [-0.2, -0.15) is 11.3 Å². The highest BCUT2D eigenvalue weighted by atomic mass is 32.1. The predicted molar refractivity (Wildman–Crippen MR) is 86.6 cm³/mol. The highest BCUT2D eigenvalue weighted by Gasteiger charge is 2.26. The quantitative estimate of drug-likeness (QED) is 0.927. The summed E-state index contributed by atoms with van der Waals surface area (Å²) in [5.74, 6) is -0.0101. The summed E-state index contributed by atoms with van der Waals surface area (Å²) in [5.41, 5.74) is 6.11. The number of primary amides is 1. The summed E-state index contributed by atoms with van der Waals surface area (Å²) in [5, 5.41) is 3.75. The highest BCUT2D eigenvalue weighted by Crippen LogP contribution is 2.20. The maximum Gasteiger partial charge on any atom is 0.267 e. The Kier molecular flexibility index (Phi) is 4.57. The minimum Gasteiger partial charge on any atom is -0.488 e. The molecule has 3 heterocycles. The number of aromatic nitrogens is 1. The molecule has 2 amide bonds. The molecule has 0 spiro atoms. The molecule has 0 bridgehead atoms. The van der Waals surface area contributed by atoms with E-state index in [4.69, 9.17) is 10.5 Å². The molecule has 120 valence electrons. The molecule has 1 saturated heterocycles. The molecular weight excluding hydrogens is 314 g/mol. The lowest BCUT2D eigenvalue weighted by Crippen LogP contribution is -2.44. The van der Waals surface area contributed by atoms with E-state index in [0.29, 0.717) is 12.3 Å². The number of hydrogen-bond donors (Lipinski definition) is 1. The van der Waals surface area contributed by atoms with Gasteiger partial charge in [0.15, 0.2) is 0 Å². The van der Waals surface area contributed by atoms with Crippen LogP contribution in [0.3, 0.4) is 0 Å². The minimum absolute atomic E-state index is 0.0344. The van der Waals surface area contributed by atoms with E-state index in [1.54, 1.807) is 6.07 Å². The average Bonchev–Trinajstić information content (AvgIpc) is 3.09. The number of piperidine rings is 1. The number of likely N-dealkylation sites (tertiary alicyclic amines) is 1. The molecule has 1 atom stereocenters.